The van der Waals surface area contributed by atoms with Gasteiger partial charge in [-0.1, -0.05) is 6.07 Å². The minimum atomic E-state index is 0.702. The summed E-state index contributed by atoms with van der Waals surface area (Å²) in [6, 6.07) is 7.15. The first kappa shape index (κ1) is 9.22. The zero-order chi connectivity index (χ0) is 10.3. The molecule has 1 heterocycles. The van der Waals surface area contributed by atoms with Crippen LogP contribution >= 0.6 is 0 Å². The first-order chi connectivity index (χ1) is 7.34. The van der Waals surface area contributed by atoms with Gasteiger partial charge in [-0.05, 0) is 61.4 Å². The molecule has 2 atom stereocenters. The summed E-state index contributed by atoms with van der Waals surface area (Å²) in [5, 5.41) is 3.64. The van der Waals surface area contributed by atoms with E-state index in [0.717, 1.165) is 5.69 Å². The van der Waals surface area contributed by atoms with Gasteiger partial charge in [0.1, 0.15) is 0 Å². The lowest BCUT2D eigenvalue weighted by molar-refractivity contribution is 0.319. The van der Waals surface area contributed by atoms with Crippen LogP contribution in [0, 0.1) is 0 Å². The lowest BCUT2D eigenvalue weighted by Gasteiger charge is -2.38. The van der Waals surface area contributed by atoms with Gasteiger partial charge in [-0.15, -0.1) is 0 Å². The van der Waals surface area contributed by atoms with Gasteiger partial charge in [0.05, 0.1) is 0 Å². The van der Waals surface area contributed by atoms with Crippen LogP contribution < -0.4 is 11.1 Å². The summed E-state index contributed by atoms with van der Waals surface area (Å²) in [4.78, 5) is 0. The lowest BCUT2D eigenvalue weighted by Crippen LogP contribution is -2.42. The van der Waals surface area contributed by atoms with Crippen molar-refractivity contribution in [3.63, 3.8) is 0 Å². The van der Waals surface area contributed by atoms with E-state index in [1.54, 1.807) is 0 Å². The Bertz CT molecular complexity index is 373. The third-order valence-electron chi connectivity index (χ3n) is 3.88. The standard InChI is InChI=1S/C13H18N2/c14-10-5-3-9-4-6-13-11(12(9)8-10)2-1-7-15-13/h3,5,8,11,13,15H,1-2,4,6-7,14H2/t11-,13+/m1/s1. The van der Waals surface area contributed by atoms with E-state index in [2.05, 4.69) is 17.4 Å². The smallest absolute Gasteiger partial charge is 0.0317 e. The first-order valence-corrected chi connectivity index (χ1v) is 5.96. The molecule has 0 radical (unpaired) electrons. The lowest BCUT2D eigenvalue weighted by atomic mass is 9.75. The van der Waals surface area contributed by atoms with Gasteiger partial charge in [0, 0.05) is 11.7 Å². The largest absolute Gasteiger partial charge is 0.399 e. The van der Waals surface area contributed by atoms with Crippen molar-refractivity contribution in [2.75, 3.05) is 12.3 Å². The molecule has 3 rings (SSSR count). The molecule has 80 valence electrons. The summed E-state index contributed by atoms with van der Waals surface area (Å²) >= 11 is 0. The number of hydrogen-bond acceptors (Lipinski definition) is 2. The third-order valence-corrected chi connectivity index (χ3v) is 3.88. The van der Waals surface area contributed by atoms with Gasteiger partial charge in [-0.25, -0.2) is 0 Å². The molecule has 0 bridgehead atoms. The fraction of sp³-hybridized carbons (Fsp3) is 0.538. The van der Waals surface area contributed by atoms with Crippen molar-refractivity contribution in [3.8, 4) is 0 Å². The van der Waals surface area contributed by atoms with Gasteiger partial charge < -0.3 is 11.1 Å². The summed E-state index contributed by atoms with van der Waals surface area (Å²) in [5.41, 5.74) is 9.83. The van der Waals surface area contributed by atoms with Crippen LogP contribution in [0.25, 0.3) is 0 Å². The molecule has 3 N–H and O–H groups in total. The number of aryl methyl sites for hydroxylation is 1. The highest BCUT2D eigenvalue weighted by Gasteiger charge is 2.31. The second-order valence-electron chi connectivity index (χ2n) is 4.81. The molecule has 0 saturated carbocycles. The number of nitrogen functional groups attached to an aromatic ring is 1. The Morgan fingerprint density at radius 2 is 2.20 bits per heavy atom. The monoisotopic (exact) mass is 202 g/mol. The molecule has 0 spiro atoms. The molecule has 1 aromatic carbocycles. The van der Waals surface area contributed by atoms with E-state index >= 15 is 0 Å². The second kappa shape index (κ2) is 3.53. The number of hydrogen-bond donors (Lipinski definition) is 2. The van der Waals surface area contributed by atoms with E-state index in [0.29, 0.717) is 12.0 Å². The van der Waals surface area contributed by atoms with E-state index < -0.39 is 0 Å². The number of nitrogens with two attached hydrogens (primary N) is 1. The molecule has 15 heavy (non-hydrogen) atoms. The molecule has 1 aliphatic carbocycles. The SMILES string of the molecule is Nc1ccc2c(c1)[C@H]1CCCN[C@H]1CC2. The van der Waals surface area contributed by atoms with E-state index in [-0.39, 0.29) is 0 Å². The van der Waals surface area contributed by atoms with Gasteiger partial charge in [-0.2, -0.15) is 0 Å². The third kappa shape index (κ3) is 1.53. The Hall–Kier alpha value is -1.02. The minimum absolute atomic E-state index is 0.702. The fourth-order valence-electron chi connectivity index (χ4n) is 3.13. The molecular weight excluding hydrogens is 184 g/mol. The van der Waals surface area contributed by atoms with Gasteiger partial charge >= 0.3 is 0 Å². The van der Waals surface area contributed by atoms with Crippen molar-refractivity contribution in [2.24, 2.45) is 0 Å². The molecule has 1 fully saturated rings. The zero-order valence-corrected chi connectivity index (χ0v) is 9.00. The van der Waals surface area contributed by atoms with E-state index in [4.69, 9.17) is 5.73 Å². The average Bonchev–Trinajstić information content (AvgIpc) is 2.29. The molecule has 2 nitrogen and oxygen atoms in total. The Balaban J connectivity index is 2.01. The molecular formula is C13H18N2. The van der Waals surface area contributed by atoms with Crippen LogP contribution in [0.5, 0.6) is 0 Å². The topological polar surface area (TPSA) is 38.0 Å². The Morgan fingerprint density at radius 3 is 3.13 bits per heavy atom. The number of fused-ring (bicyclic) bond motifs is 3. The second-order valence-corrected chi connectivity index (χ2v) is 4.81. The molecule has 0 amide bonds. The number of nitrogens with one attached hydrogen (secondary N) is 1. The minimum Gasteiger partial charge on any atom is -0.399 e. The number of piperidine rings is 1. The quantitative estimate of drug-likeness (QED) is 0.632. The molecule has 2 heteroatoms. The number of anilines is 1. The highest BCUT2D eigenvalue weighted by Crippen LogP contribution is 2.37. The zero-order valence-electron chi connectivity index (χ0n) is 9.00. The maximum absolute atomic E-state index is 5.88. The Morgan fingerprint density at radius 1 is 1.27 bits per heavy atom. The summed E-state index contributed by atoms with van der Waals surface area (Å²) in [7, 11) is 0. The van der Waals surface area contributed by atoms with Crippen molar-refractivity contribution in [1.82, 2.24) is 5.32 Å². The predicted octanol–water partition coefficient (Wildman–Crippen LogP) is 2.05. The highest BCUT2D eigenvalue weighted by atomic mass is 14.9. The van der Waals surface area contributed by atoms with E-state index in [9.17, 15) is 0 Å². The summed E-state index contributed by atoms with van der Waals surface area (Å²) in [6.45, 7) is 1.19. The predicted molar refractivity (Wildman–Crippen MR) is 62.9 cm³/mol. The van der Waals surface area contributed by atoms with Crippen molar-refractivity contribution in [1.29, 1.82) is 0 Å². The van der Waals surface area contributed by atoms with Crippen LogP contribution in [-0.4, -0.2) is 12.6 Å². The van der Waals surface area contributed by atoms with Gasteiger partial charge in [0.25, 0.3) is 0 Å². The van der Waals surface area contributed by atoms with Crippen LogP contribution in [0.3, 0.4) is 0 Å². The van der Waals surface area contributed by atoms with Gasteiger partial charge in [0.2, 0.25) is 0 Å². The van der Waals surface area contributed by atoms with Crippen LogP contribution in [-0.2, 0) is 6.42 Å². The summed E-state index contributed by atoms with van der Waals surface area (Å²) < 4.78 is 0. The molecule has 1 saturated heterocycles. The van der Waals surface area contributed by atoms with Crippen molar-refractivity contribution < 1.29 is 0 Å². The number of rotatable bonds is 0. The van der Waals surface area contributed by atoms with Crippen molar-refractivity contribution in [2.45, 2.75) is 37.6 Å². The molecule has 1 aliphatic heterocycles. The summed E-state index contributed by atoms with van der Waals surface area (Å²) in [6.07, 6.45) is 5.13. The average molecular weight is 202 g/mol. The Kier molecular flexibility index (Phi) is 2.17. The fourth-order valence-corrected chi connectivity index (χ4v) is 3.13. The van der Waals surface area contributed by atoms with E-state index in [1.807, 2.05) is 6.07 Å². The Labute approximate surface area is 90.9 Å². The van der Waals surface area contributed by atoms with Crippen LogP contribution in [0.2, 0.25) is 0 Å². The van der Waals surface area contributed by atoms with E-state index in [1.165, 1.54) is 43.4 Å². The molecule has 1 aromatic rings. The first-order valence-electron chi connectivity index (χ1n) is 5.96. The highest BCUT2D eigenvalue weighted by molar-refractivity contribution is 5.47. The maximum atomic E-state index is 5.88. The molecule has 0 unspecified atom stereocenters. The number of benzene rings is 1. The van der Waals surface area contributed by atoms with Gasteiger partial charge in [0.15, 0.2) is 0 Å². The maximum Gasteiger partial charge on any atom is 0.0317 e. The summed E-state index contributed by atoms with van der Waals surface area (Å²) in [5.74, 6) is 0.714. The van der Waals surface area contributed by atoms with Crippen LogP contribution in [0.15, 0.2) is 18.2 Å². The van der Waals surface area contributed by atoms with Crippen molar-refractivity contribution >= 4 is 5.69 Å². The normalized spacial score (nSPS) is 29.3. The van der Waals surface area contributed by atoms with Gasteiger partial charge in [-0.3, -0.25) is 0 Å². The molecule has 2 aliphatic rings. The molecule has 0 aromatic heterocycles. The van der Waals surface area contributed by atoms with Crippen LogP contribution in [0.4, 0.5) is 5.69 Å². The van der Waals surface area contributed by atoms with Crippen molar-refractivity contribution in [3.05, 3.63) is 29.3 Å². The van der Waals surface area contributed by atoms with Crippen LogP contribution in [0.1, 0.15) is 36.3 Å².